The zero-order valence-electron chi connectivity index (χ0n) is 26.0. The van der Waals surface area contributed by atoms with Gasteiger partial charge in [-0.3, -0.25) is 0 Å². The van der Waals surface area contributed by atoms with Crippen LogP contribution < -0.4 is 0 Å². The van der Waals surface area contributed by atoms with Crippen molar-refractivity contribution in [2.45, 2.75) is 106 Å². The van der Waals surface area contributed by atoms with Gasteiger partial charge >= 0.3 is 0 Å². The van der Waals surface area contributed by atoms with Crippen LogP contribution in [0, 0.1) is 21.7 Å². The van der Waals surface area contributed by atoms with E-state index in [-0.39, 0.29) is 39.0 Å². The SMILES string of the molecule is CC(C)(Cc1ccc(CC(C)(C)C(O)O)cc1)C(O)O.CC(C)(Cc1ccc(CC(C)(C)C(O)O)cc1)C(O)O.[Rh].[Rh]. The minimum atomic E-state index is -1.36. The second-order valence-corrected chi connectivity index (χ2v) is 13.8. The van der Waals surface area contributed by atoms with Crippen molar-refractivity contribution in [1.29, 1.82) is 0 Å². The Morgan fingerprint density at radius 2 is 0.476 bits per heavy atom. The van der Waals surface area contributed by atoms with Gasteiger partial charge in [0.25, 0.3) is 0 Å². The Morgan fingerprint density at radius 1 is 0.357 bits per heavy atom. The van der Waals surface area contributed by atoms with Crippen LogP contribution >= 0.6 is 0 Å². The molecule has 0 atom stereocenters. The first-order valence-electron chi connectivity index (χ1n) is 13.7. The number of rotatable bonds is 12. The van der Waals surface area contributed by atoms with Gasteiger partial charge in [-0.2, -0.15) is 0 Å². The molecule has 10 heteroatoms. The summed E-state index contributed by atoms with van der Waals surface area (Å²) >= 11 is 0. The van der Waals surface area contributed by atoms with E-state index in [9.17, 15) is 40.9 Å². The maximum atomic E-state index is 9.31. The molecule has 0 aromatic heterocycles. The summed E-state index contributed by atoms with van der Waals surface area (Å²) in [5.41, 5.74) is 1.71. The monoisotopic (exact) mass is 770 g/mol. The van der Waals surface area contributed by atoms with Crippen LogP contribution in [0.3, 0.4) is 0 Å². The predicted octanol–water partition coefficient (Wildman–Crippen LogP) is 2.89. The molecule has 2 radical (unpaired) electrons. The standard InChI is InChI=1S/2C16H26O4.2Rh/c2*1-15(2,13(17)18)9-11-5-7-12(8-6-11)10-16(3,4)14(19)20;;/h2*5-8,13-14,17-20H,9-10H2,1-4H3;;. The van der Waals surface area contributed by atoms with Crippen molar-refractivity contribution in [1.82, 2.24) is 0 Å². The van der Waals surface area contributed by atoms with Crippen LogP contribution in [-0.2, 0) is 64.6 Å². The summed E-state index contributed by atoms with van der Waals surface area (Å²) in [6, 6.07) is 15.5. The van der Waals surface area contributed by atoms with Crippen molar-refractivity contribution in [2.24, 2.45) is 21.7 Å². The zero-order valence-corrected chi connectivity index (χ0v) is 29.3. The molecular weight excluding hydrogens is 718 g/mol. The van der Waals surface area contributed by atoms with Crippen LogP contribution in [-0.4, -0.2) is 66.0 Å². The van der Waals surface area contributed by atoms with E-state index in [2.05, 4.69) is 0 Å². The molecule has 0 amide bonds. The first kappa shape index (κ1) is 43.5. The summed E-state index contributed by atoms with van der Waals surface area (Å²) < 4.78 is 0. The molecule has 0 aliphatic rings. The number of benzene rings is 2. The number of hydrogen-bond acceptors (Lipinski definition) is 8. The van der Waals surface area contributed by atoms with Crippen molar-refractivity contribution >= 4 is 0 Å². The fraction of sp³-hybridized carbons (Fsp3) is 0.625. The van der Waals surface area contributed by atoms with Crippen LogP contribution in [0.4, 0.5) is 0 Å². The molecule has 0 heterocycles. The third-order valence-corrected chi connectivity index (χ3v) is 7.48. The van der Waals surface area contributed by atoms with E-state index < -0.39 is 46.8 Å². The third-order valence-electron chi connectivity index (χ3n) is 7.48. The fourth-order valence-electron chi connectivity index (χ4n) is 4.02. The Hall–Kier alpha value is -0.633. The molecule has 246 valence electrons. The minimum Gasteiger partial charge on any atom is -0.368 e. The van der Waals surface area contributed by atoms with Crippen LogP contribution in [0.2, 0.25) is 0 Å². The van der Waals surface area contributed by atoms with Gasteiger partial charge in [-0.1, -0.05) is 104 Å². The molecule has 0 aliphatic carbocycles. The van der Waals surface area contributed by atoms with Crippen molar-refractivity contribution in [2.75, 3.05) is 0 Å². The molecule has 8 nitrogen and oxygen atoms in total. The van der Waals surface area contributed by atoms with Gasteiger partial charge < -0.3 is 40.9 Å². The average Bonchev–Trinajstić information content (AvgIpc) is 2.81. The summed E-state index contributed by atoms with van der Waals surface area (Å²) in [6.45, 7) is 14.4. The molecule has 0 saturated heterocycles. The predicted molar refractivity (Wildman–Crippen MR) is 156 cm³/mol. The maximum absolute atomic E-state index is 9.31. The van der Waals surface area contributed by atoms with Gasteiger partial charge in [0.05, 0.1) is 0 Å². The van der Waals surface area contributed by atoms with Crippen LogP contribution in [0.5, 0.6) is 0 Å². The number of aliphatic hydroxyl groups excluding tert-OH is 4. The summed E-state index contributed by atoms with van der Waals surface area (Å²) in [5.74, 6) is 0. The van der Waals surface area contributed by atoms with E-state index in [1.165, 1.54) is 0 Å². The van der Waals surface area contributed by atoms with E-state index in [1.54, 1.807) is 55.4 Å². The normalized spacial score (nSPS) is 12.7. The molecular formula is C32H52O8Rh2. The molecule has 0 aliphatic heterocycles. The Kier molecular flexibility index (Phi) is 18.4. The van der Waals surface area contributed by atoms with Gasteiger partial charge in [0.2, 0.25) is 0 Å². The van der Waals surface area contributed by atoms with Gasteiger partial charge in [0.15, 0.2) is 25.2 Å². The van der Waals surface area contributed by atoms with E-state index >= 15 is 0 Å². The quantitative estimate of drug-likeness (QED) is 0.121. The zero-order chi connectivity index (χ0) is 31.1. The largest absolute Gasteiger partial charge is 0.368 e. The Balaban J connectivity index is 0. The fourth-order valence-corrected chi connectivity index (χ4v) is 4.02. The molecule has 0 bridgehead atoms. The maximum Gasteiger partial charge on any atom is 0.156 e. The summed E-state index contributed by atoms with van der Waals surface area (Å²) in [7, 11) is 0. The molecule has 2 aromatic carbocycles. The molecule has 8 N–H and O–H groups in total. The molecule has 0 spiro atoms. The molecule has 0 fully saturated rings. The average molecular weight is 771 g/mol. The molecule has 2 rings (SSSR count). The summed E-state index contributed by atoms with van der Waals surface area (Å²) in [5, 5.41) is 74.5. The second kappa shape index (κ2) is 17.7. The second-order valence-electron chi connectivity index (χ2n) is 13.8. The van der Waals surface area contributed by atoms with Crippen molar-refractivity contribution in [3.05, 3.63) is 70.8 Å². The molecule has 0 unspecified atom stereocenters. The van der Waals surface area contributed by atoms with Crippen molar-refractivity contribution in [3.63, 3.8) is 0 Å². The van der Waals surface area contributed by atoms with Crippen molar-refractivity contribution < 1.29 is 79.8 Å². The minimum absolute atomic E-state index is 0. The third kappa shape index (κ3) is 14.4. The van der Waals surface area contributed by atoms with Gasteiger partial charge in [0.1, 0.15) is 0 Å². The van der Waals surface area contributed by atoms with Gasteiger partial charge in [-0.15, -0.1) is 0 Å². The van der Waals surface area contributed by atoms with Gasteiger partial charge in [-0.25, -0.2) is 0 Å². The van der Waals surface area contributed by atoms with Gasteiger partial charge in [0, 0.05) is 60.6 Å². The van der Waals surface area contributed by atoms with Gasteiger partial charge in [-0.05, 0) is 47.9 Å². The molecule has 42 heavy (non-hydrogen) atoms. The number of hydrogen-bond donors (Lipinski definition) is 8. The van der Waals surface area contributed by atoms with Crippen LogP contribution in [0.25, 0.3) is 0 Å². The van der Waals surface area contributed by atoms with E-state index in [0.717, 1.165) is 22.3 Å². The molecule has 0 saturated carbocycles. The summed E-state index contributed by atoms with van der Waals surface area (Å²) in [6.07, 6.45) is -3.16. The Bertz CT molecular complexity index is 850. The van der Waals surface area contributed by atoms with E-state index in [1.807, 2.05) is 48.5 Å². The Morgan fingerprint density at radius 3 is 0.571 bits per heavy atom. The first-order valence-corrected chi connectivity index (χ1v) is 13.7. The smallest absolute Gasteiger partial charge is 0.156 e. The summed E-state index contributed by atoms with van der Waals surface area (Å²) in [4.78, 5) is 0. The molecule has 2 aromatic rings. The van der Waals surface area contributed by atoms with Crippen molar-refractivity contribution in [3.8, 4) is 0 Å². The Labute approximate surface area is 277 Å². The van der Waals surface area contributed by atoms with E-state index in [0.29, 0.717) is 25.7 Å². The van der Waals surface area contributed by atoms with E-state index in [4.69, 9.17) is 0 Å². The number of aliphatic hydroxyl groups is 8. The topological polar surface area (TPSA) is 162 Å². The van der Waals surface area contributed by atoms with Crippen LogP contribution in [0.15, 0.2) is 48.5 Å². The van der Waals surface area contributed by atoms with Crippen LogP contribution in [0.1, 0.15) is 77.6 Å². The first-order chi connectivity index (χ1) is 18.1.